The molecule has 0 unspecified atom stereocenters. The topological polar surface area (TPSA) is 83.6 Å². The summed E-state index contributed by atoms with van der Waals surface area (Å²) in [5.74, 6) is -0.463. The van der Waals surface area contributed by atoms with Crippen molar-refractivity contribution in [1.29, 1.82) is 0 Å². The van der Waals surface area contributed by atoms with Gasteiger partial charge in [-0.25, -0.2) is 8.42 Å². The highest BCUT2D eigenvalue weighted by molar-refractivity contribution is 7.90. The molecule has 2 amide bonds. The molecule has 28 heavy (non-hydrogen) atoms. The molecule has 1 aliphatic heterocycles. The monoisotopic (exact) mass is 394 g/mol. The van der Waals surface area contributed by atoms with Crippen LogP contribution >= 0.6 is 0 Å². The highest BCUT2D eigenvalue weighted by atomic mass is 32.2. The van der Waals surface area contributed by atoms with E-state index >= 15 is 0 Å². The van der Waals surface area contributed by atoms with Gasteiger partial charge in [-0.3, -0.25) is 9.59 Å². The smallest absolute Gasteiger partial charge is 0.258 e. The van der Waals surface area contributed by atoms with E-state index in [1.165, 1.54) is 18.2 Å². The third kappa shape index (κ3) is 2.84. The molecule has 6 nitrogen and oxygen atoms in total. The predicted molar refractivity (Wildman–Crippen MR) is 109 cm³/mol. The van der Waals surface area contributed by atoms with E-state index in [2.05, 4.69) is 5.32 Å². The van der Waals surface area contributed by atoms with Crippen LogP contribution in [0.4, 0.5) is 11.4 Å². The molecule has 4 rings (SSSR count). The molecular formula is C21H18N2O4S. The minimum absolute atomic E-state index is 0.0487. The Morgan fingerprint density at radius 3 is 2.54 bits per heavy atom. The minimum Gasteiger partial charge on any atom is -0.321 e. The van der Waals surface area contributed by atoms with E-state index in [0.717, 1.165) is 22.7 Å². The summed E-state index contributed by atoms with van der Waals surface area (Å²) in [5, 5.41) is 4.43. The molecule has 1 heterocycles. The number of carbonyl (C=O) groups is 2. The van der Waals surface area contributed by atoms with Gasteiger partial charge in [0.05, 0.1) is 10.6 Å². The molecule has 0 radical (unpaired) electrons. The molecule has 1 aliphatic rings. The van der Waals surface area contributed by atoms with Gasteiger partial charge in [0.25, 0.3) is 11.8 Å². The Bertz CT molecular complexity index is 1250. The van der Waals surface area contributed by atoms with Crippen LogP contribution in [0.5, 0.6) is 0 Å². The third-order valence-electron chi connectivity index (χ3n) is 4.87. The van der Waals surface area contributed by atoms with Gasteiger partial charge in [-0.2, -0.15) is 0 Å². The van der Waals surface area contributed by atoms with Crippen molar-refractivity contribution in [2.24, 2.45) is 0 Å². The average Bonchev–Trinajstić information content (AvgIpc) is 2.96. The lowest BCUT2D eigenvalue weighted by molar-refractivity contribution is 0.0992. The lowest BCUT2D eigenvalue weighted by Gasteiger charge is -2.15. The molecule has 142 valence electrons. The van der Waals surface area contributed by atoms with Gasteiger partial charge in [0, 0.05) is 40.4 Å². The number of nitrogens with zero attached hydrogens (tertiary/aromatic N) is 1. The fourth-order valence-electron chi connectivity index (χ4n) is 3.53. The molecule has 3 aromatic carbocycles. The first-order valence-electron chi connectivity index (χ1n) is 8.80. The zero-order valence-corrected chi connectivity index (χ0v) is 16.2. The van der Waals surface area contributed by atoms with Gasteiger partial charge in [-0.05, 0) is 43.3 Å². The van der Waals surface area contributed by atoms with E-state index < -0.39 is 15.7 Å². The summed E-state index contributed by atoms with van der Waals surface area (Å²) in [4.78, 5) is 27.1. The van der Waals surface area contributed by atoms with E-state index in [-0.39, 0.29) is 16.4 Å². The molecule has 0 saturated heterocycles. The first-order chi connectivity index (χ1) is 13.3. The van der Waals surface area contributed by atoms with Crippen molar-refractivity contribution in [1.82, 2.24) is 0 Å². The first kappa shape index (κ1) is 18.2. The SMILES string of the molecule is CCN1C(=O)c2cccc3c(NC(=O)c4cccc(S(C)(=O)=O)c4)ccc1c23. The molecule has 1 N–H and O–H groups in total. The van der Waals surface area contributed by atoms with Gasteiger partial charge in [0.2, 0.25) is 0 Å². The van der Waals surface area contributed by atoms with Crippen LogP contribution in [-0.4, -0.2) is 33.0 Å². The highest BCUT2D eigenvalue weighted by Crippen LogP contribution is 2.40. The van der Waals surface area contributed by atoms with Gasteiger partial charge in [0.15, 0.2) is 9.84 Å². The molecule has 0 saturated carbocycles. The van der Waals surface area contributed by atoms with Crippen molar-refractivity contribution < 1.29 is 18.0 Å². The van der Waals surface area contributed by atoms with Crippen molar-refractivity contribution >= 4 is 43.8 Å². The second-order valence-corrected chi connectivity index (χ2v) is 8.68. The van der Waals surface area contributed by atoms with E-state index in [9.17, 15) is 18.0 Å². The maximum Gasteiger partial charge on any atom is 0.258 e. The molecule has 0 fully saturated rings. The van der Waals surface area contributed by atoms with E-state index in [1.54, 1.807) is 29.2 Å². The number of benzene rings is 3. The number of nitrogens with one attached hydrogen (secondary N) is 1. The molecular weight excluding hydrogens is 376 g/mol. The minimum atomic E-state index is -3.41. The van der Waals surface area contributed by atoms with E-state index in [4.69, 9.17) is 0 Å². The Morgan fingerprint density at radius 1 is 1.07 bits per heavy atom. The fourth-order valence-corrected chi connectivity index (χ4v) is 4.20. The number of carbonyl (C=O) groups excluding carboxylic acids is 2. The molecule has 0 atom stereocenters. The molecule has 0 aromatic heterocycles. The number of rotatable bonds is 4. The number of hydrogen-bond acceptors (Lipinski definition) is 4. The molecule has 7 heteroatoms. The summed E-state index contributed by atoms with van der Waals surface area (Å²) in [7, 11) is -3.41. The van der Waals surface area contributed by atoms with Crippen LogP contribution in [0.15, 0.2) is 59.5 Å². The van der Waals surface area contributed by atoms with Gasteiger partial charge >= 0.3 is 0 Å². The lowest BCUT2D eigenvalue weighted by Crippen LogP contribution is -2.25. The second-order valence-electron chi connectivity index (χ2n) is 6.66. The Kier molecular flexibility index (Phi) is 4.19. The summed E-state index contributed by atoms with van der Waals surface area (Å²) < 4.78 is 23.5. The largest absolute Gasteiger partial charge is 0.321 e. The maximum atomic E-state index is 12.7. The quantitative estimate of drug-likeness (QED) is 0.734. The zero-order valence-electron chi connectivity index (χ0n) is 15.4. The Labute approximate surface area is 162 Å². The average molecular weight is 394 g/mol. The summed E-state index contributed by atoms with van der Waals surface area (Å²) in [6.07, 6.45) is 1.10. The van der Waals surface area contributed by atoms with Crippen LogP contribution in [0.2, 0.25) is 0 Å². The van der Waals surface area contributed by atoms with Gasteiger partial charge in [-0.15, -0.1) is 0 Å². The predicted octanol–water partition coefficient (Wildman–Crippen LogP) is 3.48. The first-order valence-corrected chi connectivity index (χ1v) is 10.7. The second kappa shape index (κ2) is 6.45. The highest BCUT2D eigenvalue weighted by Gasteiger charge is 2.29. The standard InChI is InChI=1S/C21H18N2O4S/c1-3-23-18-11-10-17(15-8-5-9-16(19(15)18)21(23)25)22-20(24)13-6-4-7-14(12-13)28(2,26)27/h4-12H,3H2,1-2H3,(H,22,24). The Morgan fingerprint density at radius 2 is 1.82 bits per heavy atom. The zero-order chi connectivity index (χ0) is 20.1. The molecule has 0 bridgehead atoms. The van der Waals surface area contributed by atoms with Crippen molar-refractivity contribution in [3.8, 4) is 0 Å². The molecule has 0 spiro atoms. The van der Waals surface area contributed by atoms with Gasteiger partial charge in [0.1, 0.15) is 0 Å². The Balaban J connectivity index is 1.76. The number of amides is 2. The van der Waals surface area contributed by atoms with Crippen LogP contribution in [-0.2, 0) is 9.84 Å². The van der Waals surface area contributed by atoms with E-state index in [0.29, 0.717) is 17.8 Å². The van der Waals surface area contributed by atoms with Crippen LogP contribution in [0.3, 0.4) is 0 Å². The normalized spacial score (nSPS) is 13.2. The van der Waals surface area contributed by atoms with Crippen molar-refractivity contribution in [3.05, 3.63) is 65.7 Å². The summed E-state index contributed by atoms with van der Waals surface area (Å²) in [6.45, 7) is 2.48. The maximum absolute atomic E-state index is 12.7. The number of anilines is 2. The van der Waals surface area contributed by atoms with Crippen molar-refractivity contribution in [2.45, 2.75) is 11.8 Å². The molecule has 3 aromatic rings. The van der Waals surface area contributed by atoms with Crippen LogP contribution in [0.1, 0.15) is 27.6 Å². The van der Waals surface area contributed by atoms with Gasteiger partial charge < -0.3 is 10.2 Å². The summed E-state index contributed by atoms with van der Waals surface area (Å²) >= 11 is 0. The number of sulfone groups is 1. The Hall–Kier alpha value is -3.19. The van der Waals surface area contributed by atoms with Gasteiger partial charge in [-0.1, -0.05) is 18.2 Å². The number of hydrogen-bond donors (Lipinski definition) is 1. The molecule has 0 aliphatic carbocycles. The third-order valence-corrected chi connectivity index (χ3v) is 5.98. The lowest BCUT2D eigenvalue weighted by atomic mass is 10.0. The summed E-state index contributed by atoms with van der Waals surface area (Å²) in [6, 6.07) is 14.9. The van der Waals surface area contributed by atoms with E-state index in [1.807, 2.05) is 19.1 Å². The fraction of sp³-hybridized carbons (Fsp3) is 0.143. The summed E-state index contributed by atoms with van der Waals surface area (Å²) in [5.41, 5.74) is 2.26. The van der Waals surface area contributed by atoms with Crippen molar-refractivity contribution in [3.63, 3.8) is 0 Å². The van der Waals surface area contributed by atoms with Crippen LogP contribution in [0, 0.1) is 0 Å². The van der Waals surface area contributed by atoms with Crippen LogP contribution < -0.4 is 10.2 Å². The van der Waals surface area contributed by atoms with Crippen molar-refractivity contribution in [2.75, 3.05) is 23.0 Å². The van der Waals surface area contributed by atoms with Crippen LogP contribution in [0.25, 0.3) is 10.8 Å².